The lowest BCUT2D eigenvalue weighted by atomic mass is 10.2. The topological polar surface area (TPSA) is 78.1 Å². The van der Waals surface area contributed by atoms with Gasteiger partial charge in [-0.2, -0.15) is 0 Å². The zero-order valence-electron chi connectivity index (χ0n) is 26.5. The van der Waals surface area contributed by atoms with Gasteiger partial charge in [0.25, 0.3) is 0 Å². The number of sulfone groups is 2. The lowest BCUT2D eigenvalue weighted by Gasteiger charge is -2.12. The van der Waals surface area contributed by atoms with Crippen molar-refractivity contribution in [1.29, 1.82) is 0 Å². The van der Waals surface area contributed by atoms with Crippen molar-refractivity contribution < 1.29 is 16.8 Å². The van der Waals surface area contributed by atoms with Gasteiger partial charge in [0, 0.05) is 32.9 Å². The summed E-state index contributed by atoms with van der Waals surface area (Å²) in [5, 5.41) is 4.44. The van der Waals surface area contributed by atoms with Crippen molar-refractivity contribution in [2.24, 2.45) is 0 Å². The highest BCUT2D eigenvalue weighted by atomic mass is 32.2. The van der Waals surface area contributed by atoms with Gasteiger partial charge >= 0.3 is 0 Å². The van der Waals surface area contributed by atoms with Crippen LogP contribution in [0.4, 0.5) is 0 Å². The van der Waals surface area contributed by atoms with E-state index in [4.69, 9.17) is 0 Å². The molecular formula is C42H28N2O4S2. The molecule has 0 aliphatic carbocycles. The predicted molar refractivity (Wildman–Crippen MR) is 199 cm³/mol. The van der Waals surface area contributed by atoms with Crippen molar-refractivity contribution >= 4 is 63.3 Å². The normalized spacial score (nSPS) is 12.3. The lowest BCUT2D eigenvalue weighted by Crippen LogP contribution is -2.07. The van der Waals surface area contributed by atoms with E-state index in [1.807, 2.05) is 72.8 Å². The van der Waals surface area contributed by atoms with Gasteiger partial charge in [0.15, 0.2) is 0 Å². The Morgan fingerprint density at radius 1 is 0.300 bits per heavy atom. The average Bonchev–Trinajstić information content (AvgIpc) is 3.68. The van der Waals surface area contributed by atoms with E-state index in [0.717, 1.165) is 55.0 Å². The van der Waals surface area contributed by atoms with Gasteiger partial charge in [-0.1, -0.05) is 78.9 Å². The van der Waals surface area contributed by atoms with Crippen LogP contribution in [0.5, 0.6) is 0 Å². The Morgan fingerprint density at radius 3 is 0.920 bits per heavy atom. The Kier molecular flexibility index (Phi) is 6.81. The molecule has 0 aliphatic rings. The average molecular weight is 689 g/mol. The Labute approximate surface area is 288 Å². The standard InChI is InChI=1S/C42H28N2O4S2/c45-49(46,31-24-20-29(21-25-31)43-39-16-5-1-12-35(39)36-13-2-6-17-40(36)43)33-10-9-11-34(28-33)50(47,48)32-26-22-30(23-27-32)44-41-18-7-3-14-37(41)38-15-4-8-19-42(38)44/h1-28H. The predicted octanol–water partition coefficient (Wildman–Crippen LogP) is 9.55. The Morgan fingerprint density at radius 2 is 0.600 bits per heavy atom. The molecule has 8 heteroatoms. The minimum atomic E-state index is -4.03. The van der Waals surface area contributed by atoms with E-state index >= 15 is 0 Å². The van der Waals surface area contributed by atoms with E-state index < -0.39 is 19.7 Å². The van der Waals surface area contributed by atoms with Crippen LogP contribution < -0.4 is 0 Å². The summed E-state index contributed by atoms with van der Waals surface area (Å²) in [7, 11) is -8.06. The van der Waals surface area contributed by atoms with Crippen molar-refractivity contribution in [3.05, 3.63) is 170 Å². The largest absolute Gasteiger partial charge is 0.309 e. The molecule has 242 valence electrons. The molecule has 0 bridgehead atoms. The summed E-state index contributed by atoms with van der Waals surface area (Å²) in [5.74, 6) is 0. The summed E-state index contributed by atoms with van der Waals surface area (Å²) in [6.45, 7) is 0. The maximum atomic E-state index is 13.9. The van der Waals surface area contributed by atoms with Crippen LogP contribution in [-0.2, 0) is 19.7 Å². The molecule has 0 unspecified atom stereocenters. The third kappa shape index (κ3) is 4.60. The molecule has 50 heavy (non-hydrogen) atoms. The van der Waals surface area contributed by atoms with Crippen molar-refractivity contribution in [3.63, 3.8) is 0 Å². The molecule has 0 amide bonds. The molecule has 0 N–H and O–H groups in total. The smallest absolute Gasteiger partial charge is 0.206 e. The molecule has 0 aliphatic heterocycles. The van der Waals surface area contributed by atoms with Gasteiger partial charge in [0.2, 0.25) is 19.7 Å². The highest BCUT2D eigenvalue weighted by Crippen LogP contribution is 2.35. The third-order valence-corrected chi connectivity index (χ3v) is 12.9. The number of hydrogen-bond acceptors (Lipinski definition) is 4. The molecule has 0 spiro atoms. The molecule has 0 fully saturated rings. The first-order valence-corrected chi connectivity index (χ1v) is 19.1. The summed E-state index contributed by atoms with van der Waals surface area (Å²) in [6, 6.07) is 51.4. The second-order valence-electron chi connectivity index (χ2n) is 12.2. The molecule has 2 aromatic heterocycles. The Bertz CT molecular complexity index is 2690. The van der Waals surface area contributed by atoms with Crippen molar-refractivity contribution in [1.82, 2.24) is 9.13 Å². The molecule has 0 saturated carbocycles. The van der Waals surface area contributed by atoms with E-state index in [2.05, 4.69) is 33.4 Å². The van der Waals surface area contributed by atoms with Crippen LogP contribution in [0.3, 0.4) is 0 Å². The zero-order chi connectivity index (χ0) is 34.0. The molecule has 2 heterocycles. The molecule has 0 radical (unpaired) electrons. The lowest BCUT2D eigenvalue weighted by molar-refractivity contribution is 0.594. The van der Waals surface area contributed by atoms with Crippen LogP contribution in [-0.4, -0.2) is 26.0 Å². The highest BCUT2D eigenvalue weighted by Gasteiger charge is 2.24. The second kappa shape index (κ2) is 11.3. The van der Waals surface area contributed by atoms with Crippen molar-refractivity contribution in [3.8, 4) is 11.4 Å². The fraction of sp³-hybridized carbons (Fsp3) is 0. The van der Waals surface area contributed by atoms with Crippen molar-refractivity contribution in [2.75, 3.05) is 0 Å². The van der Waals surface area contributed by atoms with Crippen LogP contribution in [0.15, 0.2) is 189 Å². The van der Waals surface area contributed by atoms with Gasteiger partial charge in [0.05, 0.1) is 41.6 Å². The molecule has 9 rings (SSSR count). The highest BCUT2D eigenvalue weighted by molar-refractivity contribution is 7.92. The first kappa shape index (κ1) is 30.1. The minimum Gasteiger partial charge on any atom is -0.309 e. The van der Waals surface area contributed by atoms with Crippen LogP contribution in [0, 0.1) is 0 Å². The molecule has 7 aromatic carbocycles. The summed E-state index contributed by atoms with van der Waals surface area (Å²) in [5.41, 5.74) is 5.72. The Balaban J connectivity index is 1.05. The maximum Gasteiger partial charge on any atom is 0.206 e. The van der Waals surface area contributed by atoms with E-state index in [1.165, 1.54) is 24.3 Å². The van der Waals surface area contributed by atoms with Crippen molar-refractivity contribution in [2.45, 2.75) is 19.6 Å². The number of rotatable bonds is 6. The van der Waals surface area contributed by atoms with Crippen LogP contribution in [0.2, 0.25) is 0 Å². The summed E-state index contributed by atoms with van der Waals surface area (Å²) >= 11 is 0. The van der Waals surface area contributed by atoms with Crippen LogP contribution >= 0.6 is 0 Å². The third-order valence-electron chi connectivity index (χ3n) is 9.40. The minimum absolute atomic E-state index is 0.0760. The Hall–Kier alpha value is -5.96. The second-order valence-corrected chi connectivity index (χ2v) is 16.1. The first-order chi connectivity index (χ1) is 24.3. The van der Waals surface area contributed by atoms with E-state index in [0.29, 0.717) is 0 Å². The number of aromatic nitrogens is 2. The van der Waals surface area contributed by atoms with E-state index in [9.17, 15) is 16.8 Å². The van der Waals surface area contributed by atoms with Gasteiger partial charge in [-0.3, -0.25) is 0 Å². The van der Waals surface area contributed by atoms with Gasteiger partial charge < -0.3 is 9.13 Å². The van der Waals surface area contributed by atoms with E-state index in [1.54, 1.807) is 48.5 Å². The number of nitrogens with zero attached hydrogens (tertiary/aromatic N) is 2. The molecule has 0 saturated heterocycles. The number of hydrogen-bond donors (Lipinski definition) is 0. The van der Waals surface area contributed by atoms with Crippen LogP contribution in [0.1, 0.15) is 0 Å². The van der Waals surface area contributed by atoms with Gasteiger partial charge in [0.1, 0.15) is 0 Å². The summed E-state index contributed by atoms with van der Waals surface area (Å²) in [4.78, 5) is -0.0330. The monoisotopic (exact) mass is 688 g/mol. The van der Waals surface area contributed by atoms with E-state index in [-0.39, 0.29) is 19.6 Å². The molecule has 9 aromatic rings. The van der Waals surface area contributed by atoms with Gasteiger partial charge in [-0.15, -0.1) is 0 Å². The van der Waals surface area contributed by atoms with Crippen LogP contribution in [0.25, 0.3) is 55.0 Å². The van der Waals surface area contributed by atoms with Gasteiger partial charge in [-0.05, 0) is 91.0 Å². The summed E-state index contributed by atoms with van der Waals surface area (Å²) in [6.07, 6.45) is 0. The SMILES string of the molecule is O=S(=O)(c1ccc(-n2c3ccccc3c3ccccc32)cc1)c1cccc(S(=O)(=O)c2ccc(-n3c4ccccc4c4ccccc43)cc2)c1. The summed E-state index contributed by atoms with van der Waals surface area (Å²) < 4.78 is 59.7. The fourth-order valence-corrected chi connectivity index (χ4v) is 9.72. The molecular weight excluding hydrogens is 661 g/mol. The fourth-order valence-electron chi connectivity index (χ4n) is 7.03. The quantitative estimate of drug-likeness (QED) is 0.174. The molecule has 0 atom stereocenters. The zero-order valence-corrected chi connectivity index (χ0v) is 28.1. The number of benzene rings is 7. The maximum absolute atomic E-state index is 13.9. The van der Waals surface area contributed by atoms with Gasteiger partial charge in [-0.25, -0.2) is 16.8 Å². The number of para-hydroxylation sites is 4. The molecule has 6 nitrogen and oxygen atoms in total. The first-order valence-electron chi connectivity index (χ1n) is 16.1. The number of fused-ring (bicyclic) bond motifs is 6.